The molecule has 42 heavy (non-hydrogen) atoms. The third kappa shape index (κ3) is 8.17. The average Bonchev–Trinajstić information content (AvgIpc) is 3.48. The molecule has 0 bridgehead atoms. The van der Waals surface area contributed by atoms with Crippen molar-refractivity contribution in [1.29, 1.82) is 0 Å². The monoisotopic (exact) mass is 658 g/mol. The maximum absolute atomic E-state index is 14.2. The molecule has 8 nitrogen and oxygen atoms in total. The average molecular weight is 660 g/mol. The molecule has 1 atom stereocenters. The molecule has 0 spiro atoms. The van der Waals surface area contributed by atoms with Crippen LogP contribution in [0.3, 0.4) is 0 Å². The summed E-state index contributed by atoms with van der Waals surface area (Å²) in [4.78, 5) is 29.6. The van der Waals surface area contributed by atoms with Gasteiger partial charge in [0.25, 0.3) is 0 Å². The lowest BCUT2D eigenvalue weighted by Gasteiger charge is -2.35. The first-order valence-electron chi connectivity index (χ1n) is 13.9. The van der Waals surface area contributed by atoms with Crippen LogP contribution in [0.15, 0.2) is 83.3 Å². The number of carbonyl (C=O) groups is 2. The van der Waals surface area contributed by atoms with Crippen molar-refractivity contribution in [2.24, 2.45) is 0 Å². The Hall–Kier alpha value is -3.28. The van der Waals surface area contributed by atoms with Crippen LogP contribution in [0.5, 0.6) is 0 Å². The SMILES string of the molecule is CN(C)S(=O)(=O)N(CC(=O)N(Cc1ccc(Br)cc1)[C@H](Cc1ccccc1)C(=O)NC1CCCC1)c1ccc(F)cc1. The van der Waals surface area contributed by atoms with Crippen molar-refractivity contribution in [3.63, 3.8) is 0 Å². The molecule has 1 aliphatic carbocycles. The van der Waals surface area contributed by atoms with E-state index < -0.39 is 34.5 Å². The molecule has 1 N–H and O–H groups in total. The molecule has 0 aliphatic heterocycles. The van der Waals surface area contributed by atoms with Crippen LogP contribution in [-0.4, -0.2) is 62.2 Å². The van der Waals surface area contributed by atoms with Crippen LogP contribution in [0.1, 0.15) is 36.8 Å². The number of anilines is 1. The number of nitrogens with zero attached hydrogens (tertiary/aromatic N) is 3. The van der Waals surface area contributed by atoms with Crippen LogP contribution in [0.4, 0.5) is 10.1 Å². The van der Waals surface area contributed by atoms with Crippen LogP contribution in [0.25, 0.3) is 0 Å². The maximum Gasteiger partial charge on any atom is 0.304 e. The van der Waals surface area contributed by atoms with E-state index in [0.29, 0.717) is 0 Å². The summed E-state index contributed by atoms with van der Waals surface area (Å²) in [5.74, 6) is -1.37. The Labute approximate surface area is 255 Å². The van der Waals surface area contributed by atoms with Gasteiger partial charge >= 0.3 is 10.2 Å². The van der Waals surface area contributed by atoms with E-state index >= 15 is 0 Å². The molecule has 11 heteroatoms. The minimum absolute atomic E-state index is 0.0326. The molecule has 224 valence electrons. The molecular weight excluding hydrogens is 623 g/mol. The van der Waals surface area contributed by atoms with Crippen molar-refractivity contribution >= 4 is 43.6 Å². The summed E-state index contributed by atoms with van der Waals surface area (Å²) in [6.07, 6.45) is 4.07. The Kier molecular flexibility index (Phi) is 10.7. The van der Waals surface area contributed by atoms with Gasteiger partial charge in [-0.15, -0.1) is 0 Å². The van der Waals surface area contributed by atoms with Gasteiger partial charge in [-0.05, 0) is 60.4 Å². The van der Waals surface area contributed by atoms with Gasteiger partial charge in [0, 0.05) is 37.6 Å². The minimum atomic E-state index is -4.15. The van der Waals surface area contributed by atoms with Crippen molar-refractivity contribution in [1.82, 2.24) is 14.5 Å². The molecule has 0 saturated heterocycles. The highest BCUT2D eigenvalue weighted by Crippen LogP contribution is 2.24. The van der Waals surface area contributed by atoms with Crippen molar-refractivity contribution in [2.75, 3.05) is 24.9 Å². The van der Waals surface area contributed by atoms with Gasteiger partial charge < -0.3 is 10.2 Å². The van der Waals surface area contributed by atoms with Gasteiger partial charge in [-0.1, -0.05) is 71.2 Å². The largest absolute Gasteiger partial charge is 0.352 e. The second-order valence-corrected chi connectivity index (χ2v) is 13.6. The van der Waals surface area contributed by atoms with E-state index in [4.69, 9.17) is 0 Å². The number of carbonyl (C=O) groups excluding carboxylic acids is 2. The first-order valence-corrected chi connectivity index (χ1v) is 16.1. The van der Waals surface area contributed by atoms with Crippen molar-refractivity contribution in [3.05, 3.63) is 100 Å². The second-order valence-electron chi connectivity index (χ2n) is 10.6. The van der Waals surface area contributed by atoms with Gasteiger partial charge in [-0.25, -0.2) is 8.70 Å². The van der Waals surface area contributed by atoms with E-state index in [0.717, 1.165) is 62.0 Å². The van der Waals surface area contributed by atoms with Crippen molar-refractivity contribution in [3.8, 4) is 0 Å². The number of halogens is 2. The molecule has 1 fully saturated rings. The van der Waals surface area contributed by atoms with E-state index in [-0.39, 0.29) is 30.6 Å². The number of hydrogen-bond donors (Lipinski definition) is 1. The van der Waals surface area contributed by atoms with Gasteiger partial charge in [0.05, 0.1) is 5.69 Å². The molecule has 1 saturated carbocycles. The molecular formula is C31H36BrFN4O4S. The highest BCUT2D eigenvalue weighted by atomic mass is 79.9. The summed E-state index contributed by atoms with van der Waals surface area (Å²) in [5.41, 5.74) is 1.79. The fourth-order valence-electron chi connectivity index (χ4n) is 5.03. The highest BCUT2D eigenvalue weighted by Gasteiger charge is 2.35. The van der Waals surface area contributed by atoms with Crippen LogP contribution in [-0.2, 0) is 32.8 Å². The third-order valence-corrected chi connectivity index (χ3v) is 9.72. The number of rotatable bonds is 12. The highest BCUT2D eigenvalue weighted by molar-refractivity contribution is 9.10. The molecule has 0 radical (unpaired) electrons. The summed E-state index contributed by atoms with van der Waals surface area (Å²) in [6, 6.07) is 20.9. The molecule has 2 amide bonds. The maximum atomic E-state index is 14.2. The van der Waals surface area contributed by atoms with E-state index in [1.165, 1.54) is 31.1 Å². The van der Waals surface area contributed by atoms with E-state index in [2.05, 4.69) is 21.2 Å². The molecule has 1 aliphatic rings. The second kappa shape index (κ2) is 14.3. The predicted molar refractivity (Wildman–Crippen MR) is 165 cm³/mol. The zero-order valence-corrected chi connectivity index (χ0v) is 26.2. The zero-order chi connectivity index (χ0) is 30.3. The summed E-state index contributed by atoms with van der Waals surface area (Å²) in [7, 11) is -1.42. The van der Waals surface area contributed by atoms with Crippen LogP contribution >= 0.6 is 15.9 Å². The minimum Gasteiger partial charge on any atom is -0.352 e. The fourth-order valence-corrected chi connectivity index (χ4v) is 6.35. The smallest absolute Gasteiger partial charge is 0.304 e. The van der Waals surface area contributed by atoms with E-state index in [1.807, 2.05) is 54.6 Å². The first kappa shape index (κ1) is 31.7. The normalized spacial score (nSPS) is 14.5. The lowest BCUT2D eigenvalue weighted by atomic mass is 10.0. The third-order valence-electron chi connectivity index (χ3n) is 7.37. The summed E-state index contributed by atoms with van der Waals surface area (Å²) >= 11 is 3.44. The topological polar surface area (TPSA) is 90.0 Å². The lowest BCUT2D eigenvalue weighted by Crippen LogP contribution is -2.55. The molecule has 0 aromatic heterocycles. The van der Waals surface area contributed by atoms with E-state index in [9.17, 15) is 22.4 Å². The predicted octanol–water partition coefficient (Wildman–Crippen LogP) is 4.90. The zero-order valence-electron chi connectivity index (χ0n) is 23.7. The Morgan fingerprint density at radius 1 is 0.929 bits per heavy atom. The Bertz CT molecular complexity index is 1450. The Balaban J connectivity index is 1.74. The Morgan fingerprint density at radius 3 is 2.14 bits per heavy atom. The summed E-state index contributed by atoms with van der Waals surface area (Å²) < 4.78 is 43.3. The lowest BCUT2D eigenvalue weighted by molar-refractivity contribution is -0.140. The fraction of sp³-hybridized carbons (Fsp3) is 0.355. The van der Waals surface area contributed by atoms with Crippen LogP contribution < -0.4 is 9.62 Å². The molecule has 0 heterocycles. The van der Waals surface area contributed by atoms with Gasteiger partial charge in [0.15, 0.2) is 0 Å². The van der Waals surface area contributed by atoms with Gasteiger partial charge in [-0.2, -0.15) is 12.7 Å². The quantitative estimate of drug-likeness (QED) is 0.300. The van der Waals surface area contributed by atoms with Crippen molar-refractivity contribution < 1.29 is 22.4 Å². The van der Waals surface area contributed by atoms with Gasteiger partial charge in [0.2, 0.25) is 11.8 Å². The van der Waals surface area contributed by atoms with Crippen LogP contribution in [0, 0.1) is 5.82 Å². The van der Waals surface area contributed by atoms with Gasteiger partial charge in [0.1, 0.15) is 18.4 Å². The summed E-state index contributed by atoms with van der Waals surface area (Å²) in [6.45, 7) is -0.494. The number of benzene rings is 3. The van der Waals surface area contributed by atoms with Crippen molar-refractivity contribution in [2.45, 2.75) is 50.7 Å². The van der Waals surface area contributed by atoms with E-state index in [1.54, 1.807) is 0 Å². The van der Waals surface area contributed by atoms with Gasteiger partial charge in [-0.3, -0.25) is 9.59 Å². The Morgan fingerprint density at radius 2 is 1.55 bits per heavy atom. The molecule has 4 rings (SSSR count). The molecule has 3 aromatic carbocycles. The standard InChI is InChI=1S/C31H36BrFN4O4S/c1-35(2)42(40,41)37(28-18-16-26(33)17-19-28)22-30(38)36(21-24-12-14-25(32)15-13-24)29(20-23-8-4-3-5-9-23)31(39)34-27-10-6-7-11-27/h3-5,8-9,12-19,27,29H,6-7,10-11,20-22H2,1-2H3,(H,34,39)/t29-/m1/s1. The number of amides is 2. The first-order chi connectivity index (χ1) is 20.0. The number of hydrogen-bond acceptors (Lipinski definition) is 4. The van der Waals surface area contributed by atoms with Crippen LogP contribution in [0.2, 0.25) is 0 Å². The summed E-state index contributed by atoms with van der Waals surface area (Å²) in [5, 5.41) is 3.15. The number of nitrogens with one attached hydrogen (secondary N) is 1. The molecule has 0 unspecified atom stereocenters. The molecule has 3 aromatic rings.